The van der Waals surface area contributed by atoms with Gasteiger partial charge >= 0.3 is 0 Å². The molecule has 0 saturated carbocycles. The Labute approximate surface area is 88.5 Å². The number of benzene rings is 1. The van der Waals surface area contributed by atoms with Gasteiger partial charge in [-0.3, -0.25) is 0 Å². The van der Waals surface area contributed by atoms with Crippen LogP contribution in [0, 0.1) is 6.92 Å². The van der Waals surface area contributed by atoms with Crippen molar-refractivity contribution in [2.75, 3.05) is 13.7 Å². The van der Waals surface area contributed by atoms with Crippen molar-refractivity contribution >= 4 is 11.0 Å². The van der Waals surface area contributed by atoms with Crippen molar-refractivity contribution in [2.45, 2.75) is 13.0 Å². The summed E-state index contributed by atoms with van der Waals surface area (Å²) < 4.78 is 5.00. The zero-order valence-electron chi connectivity index (χ0n) is 8.95. The lowest BCUT2D eigenvalue weighted by atomic mass is 10.2. The molecule has 80 valence electrons. The fourth-order valence-electron chi connectivity index (χ4n) is 1.63. The molecule has 3 N–H and O–H groups in total. The van der Waals surface area contributed by atoms with Gasteiger partial charge in [-0.05, 0) is 18.6 Å². The summed E-state index contributed by atoms with van der Waals surface area (Å²) in [4.78, 5) is 7.68. The summed E-state index contributed by atoms with van der Waals surface area (Å²) in [5.41, 5.74) is 9.06. The average molecular weight is 205 g/mol. The van der Waals surface area contributed by atoms with E-state index in [0.29, 0.717) is 6.61 Å². The molecule has 0 fully saturated rings. The lowest BCUT2D eigenvalue weighted by Gasteiger charge is -2.05. The number of ether oxygens (including phenoxy) is 1. The van der Waals surface area contributed by atoms with Crippen LogP contribution in [0.4, 0.5) is 0 Å². The van der Waals surface area contributed by atoms with Crippen LogP contribution in [0.5, 0.6) is 0 Å². The molecule has 0 amide bonds. The van der Waals surface area contributed by atoms with Crippen LogP contribution in [0.2, 0.25) is 0 Å². The molecule has 15 heavy (non-hydrogen) atoms. The first-order valence-electron chi connectivity index (χ1n) is 4.92. The van der Waals surface area contributed by atoms with Crippen LogP contribution in [-0.2, 0) is 4.74 Å². The molecular formula is C11H15N3O. The number of imidazole rings is 1. The summed E-state index contributed by atoms with van der Waals surface area (Å²) in [5.74, 6) is 0.779. The summed E-state index contributed by atoms with van der Waals surface area (Å²) in [7, 11) is 1.63. The van der Waals surface area contributed by atoms with Crippen molar-refractivity contribution in [1.29, 1.82) is 0 Å². The highest BCUT2D eigenvalue weighted by atomic mass is 16.5. The van der Waals surface area contributed by atoms with Crippen molar-refractivity contribution in [1.82, 2.24) is 9.97 Å². The number of methoxy groups -OCH3 is 1. The van der Waals surface area contributed by atoms with Gasteiger partial charge in [-0.2, -0.15) is 0 Å². The topological polar surface area (TPSA) is 63.9 Å². The van der Waals surface area contributed by atoms with E-state index >= 15 is 0 Å². The number of nitrogens with one attached hydrogen (secondary N) is 1. The smallest absolute Gasteiger partial charge is 0.126 e. The minimum atomic E-state index is -0.193. The predicted octanol–water partition coefficient (Wildman–Crippen LogP) is 1.52. The summed E-state index contributed by atoms with van der Waals surface area (Å²) >= 11 is 0. The minimum absolute atomic E-state index is 0.193. The molecule has 0 aliphatic heterocycles. The van der Waals surface area contributed by atoms with Gasteiger partial charge in [0.2, 0.25) is 0 Å². The number of aryl methyl sites for hydroxylation is 1. The normalized spacial score (nSPS) is 13.3. The van der Waals surface area contributed by atoms with E-state index in [9.17, 15) is 0 Å². The third-order valence-corrected chi connectivity index (χ3v) is 2.43. The zero-order chi connectivity index (χ0) is 10.8. The monoisotopic (exact) mass is 205 g/mol. The number of aromatic nitrogens is 2. The molecular weight excluding hydrogens is 190 g/mol. The average Bonchev–Trinajstić information content (AvgIpc) is 2.63. The molecule has 1 aromatic heterocycles. The second-order valence-electron chi connectivity index (χ2n) is 3.65. The van der Waals surface area contributed by atoms with Crippen LogP contribution in [0.1, 0.15) is 17.4 Å². The molecule has 4 heteroatoms. The van der Waals surface area contributed by atoms with Crippen LogP contribution in [0.25, 0.3) is 11.0 Å². The van der Waals surface area contributed by atoms with E-state index in [1.807, 2.05) is 25.1 Å². The van der Waals surface area contributed by atoms with Gasteiger partial charge in [-0.1, -0.05) is 12.1 Å². The van der Waals surface area contributed by atoms with Gasteiger partial charge < -0.3 is 15.5 Å². The molecule has 0 saturated heterocycles. The molecule has 2 rings (SSSR count). The maximum Gasteiger partial charge on any atom is 0.126 e. The maximum absolute atomic E-state index is 5.90. The first-order valence-corrected chi connectivity index (χ1v) is 4.92. The van der Waals surface area contributed by atoms with Gasteiger partial charge in [0.1, 0.15) is 5.82 Å². The third-order valence-electron chi connectivity index (χ3n) is 2.43. The molecule has 1 unspecified atom stereocenters. The highest BCUT2D eigenvalue weighted by Gasteiger charge is 2.11. The Kier molecular flexibility index (Phi) is 2.70. The second kappa shape index (κ2) is 4.00. The summed E-state index contributed by atoms with van der Waals surface area (Å²) in [6.07, 6.45) is 0. The fourth-order valence-corrected chi connectivity index (χ4v) is 1.63. The first kappa shape index (κ1) is 10.1. The van der Waals surface area contributed by atoms with Crippen molar-refractivity contribution in [3.8, 4) is 0 Å². The van der Waals surface area contributed by atoms with E-state index in [0.717, 1.165) is 22.4 Å². The highest BCUT2D eigenvalue weighted by molar-refractivity contribution is 5.78. The quantitative estimate of drug-likeness (QED) is 0.798. The van der Waals surface area contributed by atoms with Crippen LogP contribution < -0.4 is 5.73 Å². The molecule has 2 aromatic rings. The molecule has 4 nitrogen and oxygen atoms in total. The summed E-state index contributed by atoms with van der Waals surface area (Å²) in [6, 6.07) is 5.84. The van der Waals surface area contributed by atoms with Crippen LogP contribution in [0.3, 0.4) is 0 Å². The molecule has 1 aromatic carbocycles. The summed E-state index contributed by atoms with van der Waals surface area (Å²) in [5, 5.41) is 0. The second-order valence-corrected chi connectivity index (χ2v) is 3.65. The van der Waals surface area contributed by atoms with E-state index in [1.165, 1.54) is 0 Å². The fraction of sp³-hybridized carbons (Fsp3) is 0.364. The van der Waals surface area contributed by atoms with E-state index in [2.05, 4.69) is 9.97 Å². The van der Waals surface area contributed by atoms with Crippen LogP contribution in [-0.4, -0.2) is 23.7 Å². The van der Waals surface area contributed by atoms with E-state index in [4.69, 9.17) is 10.5 Å². The number of nitrogens with two attached hydrogens (primary N) is 1. The Morgan fingerprint density at radius 2 is 2.33 bits per heavy atom. The zero-order valence-corrected chi connectivity index (χ0v) is 8.95. The standard InChI is InChI=1S/C11H15N3O/c1-7-4-3-5-9-10(7)14-11(13-9)8(12)6-15-2/h3-5,8H,6,12H2,1-2H3,(H,13,14). The van der Waals surface area contributed by atoms with Gasteiger partial charge in [0.15, 0.2) is 0 Å². The lowest BCUT2D eigenvalue weighted by molar-refractivity contribution is 0.178. The number of rotatable bonds is 3. The van der Waals surface area contributed by atoms with Gasteiger partial charge in [0.25, 0.3) is 0 Å². The van der Waals surface area contributed by atoms with Crippen LogP contribution >= 0.6 is 0 Å². The van der Waals surface area contributed by atoms with Crippen LogP contribution in [0.15, 0.2) is 18.2 Å². The Balaban J connectivity index is 2.43. The first-order chi connectivity index (χ1) is 7.22. The van der Waals surface area contributed by atoms with Gasteiger partial charge in [0, 0.05) is 7.11 Å². The van der Waals surface area contributed by atoms with Gasteiger partial charge in [-0.25, -0.2) is 4.98 Å². The number of fused-ring (bicyclic) bond motifs is 1. The van der Waals surface area contributed by atoms with Crippen molar-refractivity contribution in [2.24, 2.45) is 5.73 Å². The number of aromatic amines is 1. The lowest BCUT2D eigenvalue weighted by Crippen LogP contribution is -2.17. The number of hydrogen-bond acceptors (Lipinski definition) is 3. The predicted molar refractivity (Wildman–Crippen MR) is 59.6 cm³/mol. The number of hydrogen-bond donors (Lipinski definition) is 2. The highest BCUT2D eigenvalue weighted by Crippen LogP contribution is 2.18. The Bertz CT molecular complexity index is 464. The largest absolute Gasteiger partial charge is 0.383 e. The molecule has 1 heterocycles. The van der Waals surface area contributed by atoms with Crippen molar-refractivity contribution in [3.63, 3.8) is 0 Å². The van der Waals surface area contributed by atoms with E-state index < -0.39 is 0 Å². The Morgan fingerprint density at radius 1 is 1.53 bits per heavy atom. The third kappa shape index (κ3) is 1.86. The van der Waals surface area contributed by atoms with Gasteiger partial charge in [0.05, 0.1) is 23.7 Å². The number of para-hydroxylation sites is 1. The number of nitrogens with zero attached hydrogens (tertiary/aromatic N) is 1. The van der Waals surface area contributed by atoms with E-state index in [-0.39, 0.29) is 6.04 Å². The molecule has 0 aliphatic rings. The van der Waals surface area contributed by atoms with Crippen molar-refractivity contribution in [3.05, 3.63) is 29.6 Å². The molecule has 1 atom stereocenters. The van der Waals surface area contributed by atoms with Crippen molar-refractivity contribution < 1.29 is 4.74 Å². The molecule has 0 radical (unpaired) electrons. The molecule has 0 spiro atoms. The molecule has 0 bridgehead atoms. The van der Waals surface area contributed by atoms with E-state index in [1.54, 1.807) is 7.11 Å². The molecule has 0 aliphatic carbocycles. The summed E-state index contributed by atoms with van der Waals surface area (Å²) in [6.45, 7) is 2.51. The Hall–Kier alpha value is -1.39. The minimum Gasteiger partial charge on any atom is -0.383 e. The SMILES string of the molecule is COCC(N)c1nc2c(C)cccc2[nH]1. The Morgan fingerprint density at radius 3 is 3.00 bits per heavy atom. The van der Waals surface area contributed by atoms with Gasteiger partial charge in [-0.15, -0.1) is 0 Å². The maximum atomic E-state index is 5.90. The number of H-pyrrole nitrogens is 1.